The number of allylic oxidation sites excluding steroid dienone is 3. The van der Waals surface area contributed by atoms with E-state index in [0.717, 1.165) is 0 Å². The average molecular weight is 481 g/mol. The number of aliphatic carboxylic acids is 1. The molecular weight excluding hydrogens is 456 g/mol. The van der Waals surface area contributed by atoms with Gasteiger partial charge in [-0.3, -0.25) is 9.78 Å². The number of rotatable bonds is 8. The lowest BCUT2D eigenvalue weighted by Gasteiger charge is -2.40. The van der Waals surface area contributed by atoms with Crippen molar-refractivity contribution >= 4 is 15.8 Å². The second kappa shape index (κ2) is 9.66. The maximum atomic E-state index is 14.3. The molecule has 0 amide bonds. The zero-order valence-corrected chi connectivity index (χ0v) is 19.0. The van der Waals surface area contributed by atoms with E-state index in [4.69, 9.17) is 15.2 Å². The average Bonchev–Trinajstić information content (AvgIpc) is 2.86. The van der Waals surface area contributed by atoms with E-state index in [0.29, 0.717) is 18.4 Å². The van der Waals surface area contributed by atoms with Gasteiger partial charge in [-0.1, -0.05) is 48.1 Å². The highest BCUT2D eigenvalue weighted by Crippen LogP contribution is 2.47. The van der Waals surface area contributed by atoms with Crippen LogP contribution in [0.2, 0.25) is 0 Å². The van der Waals surface area contributed by atoms with Gasteiger partial charge in [-0.2, -0.15) is 0 Å². The lowest BCUT2D eigenvalue weighted by molar-refractivity contribution is -0.136. The number of carboxylic acid groups (broad SMARTS) is 1. The van der Waals surface area contributed by atoms with Crippen LogP contribution in [0.5, 0.6) is 0 Å². The Morgan fingerprint density at radius 1 is 1.21 bits per heavy atom. The summed E-state index contributed by atoms with van der Waals surface area (Å²) in [6.07, 6.45) is 13.1. The van der Waals surface area contributed by atoms with E-state index in [1.807, 2.05) is 18.2 Å². The van der Waals surface area contributed by atoms with Gasteiger partial charge in [-0.15, -0.1) is 0 Å². The van der Waals surface area contributed by atoms with Crippen molar-refractivity contribution in [3.63, 3.8) is 0 Å². The molecule has 0 saturated heterocycles. The van der Waals surface area contributed by atoms with E-state index in [9.17, 15) is 18.3 Å². The molecule has 3 N–H and O–H groups in total. The van der Waals surface area contributed by atoms with Crippen LogP contribution >= 0.6 is 0 Å². The Morgan fingerprint density at radius 3 is 2.68 bits per heavy atom. The van der Waals surface area contributed by atoms with Crippen molar-refractivity contribution in [1.29, 1.82) is 0 Å². The Morgan fingerprint density at radius 2 is 2.03 bits per heavy atom. The smallest absolute Gasteiger partial charge is 0.307 e. The second-order valence-corrected chi connectivity index (χ2v) is 10.1. The van der Waals surface area contributed by atoms with Crippen LogP contribution in [0.3, 0.4) is 0 Å². The molecule has 2 aliphatic rings. The highest BCUT2D eigenvalue weighted by Gasteiger charge is 2.54. The van der Waals surface area contributed by atoms with E-state index in [1.165, 1.54) is 43.3 Å². The normalized spacial score (nSPS) is 18.0. The van der Waals surface area contributed by atoms with Crippen molar-refractivity contribution in [2.75, 3.05) is 0 Å². The van der Waals surface area contributed by atoms with E-state index < -0.39 is 33.0 Å². The molecule has 2 heterocycles. The number of ether oxygens (including phenoxy) is 2. The quantitative estimate of drug-likeness (QED) is 0.587. The highest BCUT2D eigenvalue weighted by molar-refractivity contribution is 7.92. The molecule has 1 aliphatic heterocycles. The number of benzene rings is 1. The van der Waals surface area contributed by atoms with Gasteiger partial charge in [-0.25, -0.2) is 8.42 Å². The number of nitrogens with zero attached hydrogens (tertiary/aromatic N) is 1. The first-order chi connectivity index (χ1) is 16.4. The summed E-state index contributed by atoms with van der Waals surface area (Å²) in [6.45, 7) is 0. The fourth-order valence-corrected chi connectivity index (χ4v) is 6.23. The molecule has 0 fully saturated rings. The number of nitrogens with two attached hydrogens (primary N) is 1. The molecule has 1 aromatic carbocycles. The standard InChI is InChI=1S/C25H24N2O6S/c26-25(34(30,31)20-10-6-12-27-16-20,21-11-5-4-9-19(21)15-23(28)29)24(18-7-2-1-3-8-18)22-17-32-13-14-33-22/h1-2,4-7,9-14,16-17,24H,3,8,15,26H2,(H,28,29). The topological polar surface area (TPSA) is 129 Å². The van der Waals surface area contributed by atoms with Gasteiger partial charge in [0.05, 0.1) is 17.2 Å². The van der Waals surface area contributed by atoms with Crippen LogP contribution in [0.4, 0.5) is 0 Å². The number of carboxylic acids is 1. The van der Waals surface area contributed by atoms with Crippen molar-refractivity contribution in [3.8, 4) is 0 Å². The SMILES string of the molecule is NC(c1ccccc1CC(=O)O)(C(C1=CC=CCC1)C1=COC=CO1)S(=O)(=O)c1cccnc1. The summed E-state index contributed by atoms with van der Waals surface area (Å²) in [5, 5.41) is 9.53. The molecular formula is C25H24N2O6S. The van der Waals surface area contributed by atoms with Gasteiger partial charge < -0.3 is 20.3 Å². The van der Waals surface area contributed by atoms with Crippen molar-refractivity contribution in [1.82, 2.24) is 4.98 Å². The number of carbonyl (C=O) groups is 1. The summed E-state index contributed by atoms with van der Waals surface area (Å²) in [5.74, 6) is -1.92. The van der Waals surface area contributed by atoms with Crippen molar-refractivity contribution < 1.29 is 27.8 Å². The van der Waals surface area contributed by atoms with Gasteiger partial charge in [0.15, 0.2) is 4.87 Å². The minimum Gasteiger partial charge on any atom is -0.481 e. The van der Waals surface area contributed by atoms with Gasteiger partial charge in [-0.05, 0) is 36.1 Å². The molecule has 9 heteroatoms. The van der Waals surface area contributed by atoms with Crippen molar-refractivity contribution in [2.24, 2.45) is 11.7 Å². The fourth-order valence-electron chi connectivity index (χ4n) is 4.31. The third-order valence-corrected chi connectivity index (χ3v) is 8.03. The minimum absolute atomic E-state index is 0.0903. The van der Waals surface area contributed by atoms with Crippen LogP contribution in [0, 0.1) is 5.92 Å². The fraction of sp³-hybridized carbons (Fsp3) is 0.200. The number of hydrogen-bond donors (Lipinski definition) is 2. The van der Waals surface area contributed by atoms with Gasteiger partial charge >= 0.3 is 5.97 Å². The Bertz CT molecular complexity index is 1300. The van der Waals surface area contributed by atoms with Crippen LogP contribution in [-0.2, 0) is 35.4 Å². The first-order valence-corrected chi connectivity index (χ1v) is 12.1. The van der Waals surface area contributed by atoms with E-state index >= 15 is 0 Å². The molecule has 2 unspecified atom stereocenters. The number of hydrogen-bond acceptors (Lipinski definition) is 7. The predicted molar refractivity (Wildman–Crippen MR) is 124 cm³/mol. The molecule has 8 nitrogen and oxygen atoms in total. The van der Waals surface area contributed by atoms with E-state index in [-0.39, 0.29) is 21.8 Å². The Labute approximate surface area is 197 Å². The van der Waals surface area contributed by atoms with Crippen LogP contribution in [0.15, 0.2) is 102 Å². The first kappa shape index (κ1) is 23.5. The number of aromatic nitrogens is 1. The van der Waals surface area contributed by atoms with Gasteiger partial charge in [0.25, 0.3) is 0 Å². The van der Waals surface area contributed by atoms with Gasteiger partial charge in [0.2, 0.25) is 9.84 Å². The summed E-state index contributed by atoms with van der Waals surface area (Å²) in [4.78, 5) is 13.4. The van der Waals surface area contributed by atoms with Gasteiger partial charge in [0, 0.05) is 12.4 Å². The summed E-state index contributed by atoms with van der Waals surface area (Å²) in [5.41, 5.74) is 8.21. The van der Waals surface area contributed by atoms with Crippen molar-refractivity contribution in [3.05, 3.63) is 108 Å². The third-order valence-electron chi connectivity index (χ3n) is 5.82. The largest absolute Gasteiger partial charge is 0.481 e. The Balaban J connectivity index is 2.05. The van der Waals surface area contributed by atoms with Crippen molar-refractivity contribution in [2.45, 2.75) is 29.0 Å². The molecule has 0 spiro atoms. The maximum Gasteiger partial charge on any atom is 0.307 e. The second-order valence-electron chi connectivity index (χ2n) is 7.90. The highest BCUT2D eigenvalue weighted by atomic mass is 32.2. The molecule has 4 rings (SSSR count). The molecule has 176 valence electrons. The maximum absolute atomic E-state index is 14.3. The number of pyridine rings is 1. The zero-order chi connectivity index (χ0) is 24.2. The van der Waals surface area contributed by atoms with Crippen LogP contribution < -0.4 is 5.73 Å². The lowest BCUT2D eigenvalue weighted by atomic mass is 9.80. The summed E-state index contributed by atoms with van der Waals surface area (Å²) in [6, 6.07) is 9.35. The molecule has 2 aromatic rings. The van der Waals surface area contributed by atoms with Crippen LogP contribution in [0.1, 0.15) is 24.0 Å². The van der Waals surface area contributed by atoms with E-state index in [1.54, 1.807) is 24.3 Å². The van der Waals surface area contributed by atoms with Crippen LogP contribution in [0.25, 0.3) is 0 Å². The molecule has 1 aliphatic carbocycles. The first-order valence-electron chi connectivity index (χ1n) is 10.6. The van der Waals surface area contributed by atoms with Crippen LogP contribution in [-0.4, -0.2) is 24.5 Å². The monoisotopic (exact) mass is 480 g/mol. The Hall–Kier alpha value is -3.69. The van der Waals surface area contributed by atoms with Gasteiger partial charge in [0.1, 0.15) is 24.5 Å². The molecule has 0 saturated carbocycles. The third kappa shape index (κ3) is 4.27. The lowest BCUT2D eigenvalue weighted by Crippen LogP contribution is -2.53. The van der Waals surface area contributed by atoms with E-state index in [2.05, 4.69) is 4.98 Å². The zero-order valence-electron chi connectivity index (χ0n) is 18.2. The molecule has 0 radical (unpaired) electrons. The summed E-state index contributed by atoms with van der Waals surface area (Å²) >= 11 is 0. The summed E-state index contributed by atoms with van der Waals surface area (Å²) in [7, 11) is -4.35. The summed E-state index contributed by atoms with van der Waals surface area (Å²) < 4.78 is 39.7. The molecule has 1 aromatic heterocycles. The molecule has 34 heavy (non-hydrogen) atoms. The molecule has 0 bridgehead atoms. The number of sulfone groups is 1. The Kier molecular flexibility index (Phi) is 6.67. The minimum atomic E-state index is -4.35. The predicted octanol–water partition coefficient (Wildman–Crippen LogP) is 3.55. The molecule has 2 atom stereocenters.